The first-order valence-electron chi connectivity index (χ1n) is 19.4. The quantitative estimate of drug-likeness (QED) is 0.164. The lowest BCUT2D eigenvalue weighted by molar-refractivity contribution is 1.29. The predicted octanol–water partition coefficient (Wildman–Crippen LogP) is 11.6. The number of thiophene rings is 2. The zero-order valence-corrected chi connectivity index (χ0v) is 35.7. The van der Waals surface area contributed by atoms with Gasteiger partial charge in [0.2, 0.25) is 0 Å². The molecule has 2 nitrogen and oxygen atoms in total. The molecule has 0 atom stereocenters. The van der Waals surface area contributed by atoms with Crippen LogP contribution in [0.4, 0.5) is 33.4 Å². The number of hydrogen-bond donors (Lipinski definition) is 0. The van der Waals surface area contributed by atoms with Gasteiger partial charge in [-0.2, -0.15) is 0 Å². The lowest BCUT2D eigenvalue weighted by Gasteiger charge is -2.44. The fourth-order valence-electron chi connectivity index (χ4n) is 9.80. The minimum Gasteiger partial charge on any atom is -0.310 e. The van der Waals surface area contributed by atoms with Crippen molar-refractivity contribution in [1.29, 1.82) is 0 Å². The molecule has 11 rings (SSSR count). The van der Waals surface area contributed by atoms with Crippen molar-refractivity contribution in [2.75, 3.05) is 9.80 Å². The van der Waals surface area contributed by atoms with Gasteiger partial charge in [0, 0.05) is 42.3 Å². The molecule has 0 radical (unpaired) electrons. The van der Waals surface area contributed by atoms with E-state index in [0.717, 1.165) is 0 Å². The van der Waals surface area contributed by atoms with Crippen molar-refractivity contribution in [3.05, 3.63) is 140 Å². The van der Waals surface area contributed by atoms with E-state index in [1.807, 2.05) is 22.7 Å². The van der Waals surface area contributed by atoms with E-state index in [2.05, 4.69) is 189 Å². The highest BCUT2D eigenvalue weighted by Gasteiger charge is 2.48. The molecule has 7 aromatic carbocycles. The van der Waals surface area contributed by atoms with Gasteiger partial charge in [-0.1, -0.05) is 142 Å². The van der Waals surface area contributed by atoms with E-state index in [1.165, 1.54) is 101 Å². The van der Waals surface area contributed by atoms with E-state index in [0.29, 0.717) is 0 Å². The largest absolute Gasteiger partial charge is 0.310 e. The van der Waals surface area contributed by atoms with Crippen LogP contribution >= 0.6 is 22.7 Å². The van der Waals surface area contributed by atoms with Crippen molar-refractivity contribution in [1.82, 2.24) is 0 Å². The molecule has 0 amide bonds. The van der Waals surface area contributed by atoms with Crippen LogP contribution < -0.4 is 35.9 Å². The van der Waals surface area contributed by atoms with Gasteiger partial charge in [-0.05, 0) is 84.6 Å². The van der Waals surface area contributed by atoms with Crippen molar-refractivity contribution >= 4 is 147 Å². The molecule has 0 saturated carbocycles. The molecular weight excluding hydrogens is 736 g/mol. The van der Waals surface area contributed by atoms with Gasteiger partial charge in [0.25, 0.3) is 6.71 Å². The van der Waals surface area contributed by atoms with E-state index in [1.54, 1.807) is 0 Å². The molecule has 266 valence electrons. The number of rotatable bonds is 4. The Bertz CT molecular complexity index is 3060. The van der Waals surface area contributed by atoms with Gasteiger partial charge in [0.15, 0.2) is 0 Å². The summed E-state index contributed by atoms with van der Waals surface area (Å²) in [5.41, 5.74) is 9.49. The Hall–Kier alpha value is -4.92. The summed E-state index contributed by atoms with van der Waals surface area (Å²) in [6.45, 7) is 15.2. The lowest BCUT2D eigenvalue weighted by Crippen LogP contribution is -2.60. The number of anilines is 6. The van der Waals surface area contributed by atoms with Gasteiger partial charge < -0.3 is 9.80 Å². The van der Waals surface area contributed by atoms with Crippen molar-refractivity contribution in [3.8, 4) is 0 Å². The van der Waals surface area contributed by atoms with Crippen LogP contribution in [-0.2, 0) is 0 Å². The molecule has 2 aliphatic rings. The van der Waals surface area contributed by atoms with E-state index >= 15 is 0 Å². The molecule has 7 heteroatoms. The number of nitrogens with zero attached hydrogens (tertiary/aromatic N) is 2. The van der Waals surface area contributed by atoms with Gasteiger partial charge >= 0.3 is 0 Å². The first-order valence-corrected chi connectivity index (χ1v) is 28.0. The van der Waals surface area contributed by atoms with Crippen molar-refractivity contribution in [2.24, 2.45) is 0 Å². The van der Waals surface area contributed by atoms with Crippen LogP contribution in [0, 0.1) is 0 Å². The minimum atomic E-state index is -1.89. The third-order valence-electron chi connectivity index (χ3n) is 11.8. The molecule has 0 spiro atoms. The maximum absolute atomic E-state index is 2.70. The molecule has 0 aliphatic carbocycles. The second kappa shape index (κ2) is 11.8. The molecule has 55 heavy (non-hydrogen) atoms. The maximum Gasteiger partial charge on any atom is 0.266 e. The number of benzene rings is 7. The number of fused-ring (bicyclic) bond motifs is 10. The van der Waals surface area contributed by atoms with Crippen LogP contribution in [0.3, 0.4) is 0 Å². The molecule has 0 N–H and O–H groups in total. The van der Waals surface area contributed by atoms with E-state index in [4.69, 9.17) is 0 Å². The van der Waals surface area contributed by atoms with E-state index in [9.17, 15) is 0 Å². The van der Waals surface area contributed by atoms with Crippen molar-refractivity contribution in [3.63, 3.8) is 0 Å². The Labute approximate surface area is 333 Å². The van der Waals surface area contributed by atoms with Gasteiger partial charge in [0.05, 0.1) is 26.8 Å². The summed E-state index contributed by atoms with van der Waals surface area (Å²) in [6, 6.07) is 53.1. The normalized spacial score (nSPS) is 13.9. The van der Waals surface area contributed by atoms with Crippen LogP contribution in [0.2, 0.25) is 39.3 Å². The topological polar surface area (TPSA) is 6.48 Å². The maximum atomic E-state index is 2.70. The first kappa shape index (κ1) is 33.4. The molecule has 2 aromatic heterocycles. The minimum absolute atomic E-state index is 0.115. The SMILES string of the molecule is C[Si](C)(C)c1c(N2c3cccc4c3B(c3sc5ccccc5c3N4c3ccc4ccccc4c3[Si](C)(C)C)c3c2sc2ccccc32)ccc2ccccc12. The highest BCUT2D eigenvalue weighted by atomic mass is 32.1. The zero-order valence-electron chi connectivity index (χ0n) is 32.1. The van der Waals surface area contributed by atoms with Crippen LogP contribution in [-0.4, -0.2) is 22.9 Å². The molecule has 0 fully saturated rings. The second-order valence-electron chi connectivity index (χ2n) is 17.3. The highest BCUT2D eigenvalue weighted by molar-refractivity contribution is 7.35. The fourth-order valence-corrected chi connectivity index (χ4v) is 16.4. The van der Waals surface area contributed by atoms with Gasteiger partial charge in [-0.15, -0.1) is 22.7 Å². The van der Waals surface area contributed by atoms with Gasteiger partial charge in [-0.25, -0.2) is 0 Å². The second-order valence-corrected chi connectivity index (χ2v) is 29.4. The first-order chi connectivity index (χ1) is 26.6. The third-order valence-corrected chi connectivity index (χ3v) is 18.3. The van der Waals surface area contributed by atoms with Gasteiger partial charge in [-0.3, -0.25) is 0 Å². The Balaban J connectivity index is 1.30. The molecule has 0 bridgehead atoms. The van der Waals surface area contributed by atoms with Crippen LogP contribution in [0.1, 0.15) is 0 Å². The molecule has 0 unspecified atom stereocenters. The smallest absolute Gasteiger partial charge is 0.266 e. The summed E-state index contributed by atoms with van der Waals surface area (Å²) >= 11 is 3.96. The van der Waals surface area contributed by atoms with Crippen molar-refractivity contribution in [2.45, 2.75) is 39.3 Å². The summed E-state index contributed by atoms with van der Waals surface area (Å²) in [7, 11) is -3.76. The Morgan fingerprint density at radius 2 is 0.909 bits per heavy atom. The lowest BCUT2D eigenvalue weighted by atomic mass is 9.36. The number of hydrogen-bond acceptors (Lipinski definition) is 4. The van der Waals surface area contributed by atoms with Crippen LogP contribution in [0.15, 0.2) is 140 Å². The molecule has 9 aromatic rings. The molecule has 0 saturated heterocycles. The molecule has 2 aliphatic heterocycles. The average Bonchev–Trinajstić information content (AvgIpc) is 3.75. The monoisotopic (exact) mass is 776 g/mol. The Morgan fingerprint density at radius 1 is 0.418 bits per heavy atom. The molecule has 4 heterocycles. The zero-order chi connectivity index (χ0) is 37.4. The predicted molar refractivity (Wildman–Crippen MR) is 252 cm³/mol. The van der Waals surface area contributed by atoms with E-state index < -0.39 is 16.1 Å². The fraction of sp³-hybridized carbons (Fsp3) is 0.125. The van der Waals surface area contributed by atoms with E-state index in [-0.39, 0.29) is 6.71 Å². The van der Waals surface area contributed by atoms with Crippen LogP contribution in [0.5, 0.6) is 0 Å². The highest BCUT2D eigenvalue weighted by Crippen LogP contribution is 2.50. The Morgan fingerprint density at radius 3 is 1.51 bits per heavy atom. The standard InChI is InChI=1S/C48H41BN2S2Si2/c1-54(2,3)45-32-18-9-7-16-30(32)26-28-38(45)50-36-22-15-23-37-43(36)49(47-44(50)35-21-12-14-25-41(35)52-47)42-34-20-11-13-24-40(34)53-48(42)51(37)39-29-27-31-17-8-10-19-33(31)46(39)55(4,5)6/h7-29H,1-6H3. The van der Waals surface area contributed by atoms with Gasteiger partial charge in [0.1, 0.15) is 0 Å². The summed E-state index contributed by atoms with van der Waals surface area (Å²) in [5.74, 6) is 0. The third kappa shape index (κ3) is 4.77. The molecular formula is C48H41BN2S2Si2. The summed E-state index contributed by atoms with van der Waals surface area (Å²) in [6.07, 6.45) is 0. The van der Waals surface area contributed by atoms with Crippen LogP contribution in [0.25, 0.3) is 41.7 Å². The average molecular weight is 777 g/mol. The summed E-state index contributed by atoms with van der Waals surface area (Å²) < 4.78 is 4.15. The summed E-state index contributed by atoms with van der Waals surface area (Å²) in [4.78, 5) is 5.38. The van der Waals surface area contributed by atoms with Crippen molar-refractivity contribution < 1.29 is 0 Å². The summed E-state index contributed by atoms with van der Waals surface area (Å²) in [5, 5.41) is 12.5. The Kier molecular flexibility index (Phi) is 7.17.